The van der Waals surface area contributed by atoms with Crippen molar-refractivity contribution in [3.63, 3.8) is 0 Å². The number of aliphatic imine (C=N–C) groups is 2. The average molecular weight is 370 g/mol. The molecule has 1 heterocycles. The number of aryl methyl sites for hydroxylation is 2. The van der Waals surface area contributed by atoms with Crippen LogP contribution in [0.25, 0.3) is 0 Å². The number of nitrogens with zero attached hydrogens (tertiary/aromatic N) is 3. The van der Waals surface area contributed by atoms with Crippen LogP contribution in [-0.4, -0.2) is 16.4 Å². The third-order valence-corrected chi connectivity index (χ3v) is 4.77. The van der Waals surface area contributed by atoms with Crippen molar-refractivity contribution in [2.75, 3.05) is 0 Å². The number of pyridine rings is 1. The van der Waals surface area contributed by atoms with E-state index < -0.39 is 0 Å². The number of rotatable bonds is 6. The van der Waals surface area contributed by atoms with Gasteiger partial charge in [-0.15, -0.1) is 0 Å². The summed E-state index contributed by atoms with van der Waals surface area (Å²) in [4.78, 5) is 14.2. The van der Waals surface area contributed by atoms with E-state index in [2.05, 4.69) is 62.4 Å². The van der Waals surface area contributed by atoms with Crippen LogP contribution in [0.2, 0.25) is 0 Å². The van der Waals surface area contributed by atoms with Crippen molar-refractivity contribution >= 4 is 22.8 Å². The van der Waals surface area contributed by atoms with Gasteiger partial charge in [-0.3, -0.25) is 9.98 Å². The van der Waals surface area contributed by atoms with Crippen LogP contribution < -0.4 is 0 Å². The van der Waals surface area contributed by atoms with Crippen molar-refractivity contribution < 1.29 is 0 Å². The molecule has 3 nitrogen and oxygen atoms in total. The van der Waals surface area contributed by atoms with Crippen molar-refractivity contribution in [3.8, 4) is 0 Å². The molecule has 1 aromatic heterocycles. The van der Waals surface area contributed by atoms with Crippen LogP contribution in [0.15, 0.2) is 76.7 Å². The molecule has 3 heteroatoms. The smallest absolute Gasteiger partial charge is 0.0849 e. The summed E-state index contributed by atoms with van der Waals surface area (Å²) < 4.78 is 0. The van der Waals surface area contributed by atoms with E-state index in [4.69, 9.17) is 15.0 Å². The Hall–Kier alpha value is -3.07. The maximum absolute atomic E-state index is 4.77. The summed E-state index contributed by atoms with van der Waals surface area (Å²) in [5, 5.41) is 0. The second-order valence-corrected chi connectivity index (χ2v) is 6.84. The van der Waals surface area contributed by atoms with Gasteiger partial charge in [-0.2, -0.15) is 0 Å². The molecule has 0 amide bonds. The standard InChI is InChI=1S/C25H27N3/c1-5-20-10-14-22(15-11-20)26-18(3)24-8-7-9-25(28-24)19(4)27-23-16-12-21(6-2)13-17-23/h7-17H,5-6H2,1-4H3. The van der Waals surface area contributed by atoms with E-state index >= 15 is 0 Å². The van der Waals surface area contributed by atoms with Crippen LogP contribution in [-0.2, 0) is 12.8 Å². The van der Waals surface area contributed by atoms with E-state index in [0.29, 0.717) is 0 Å². The molecular formula is C25H27N3. The summed E-state index contributed by atoms with van der Waals surface area (Å²) in [6.45, 7) is 8.30. The maximum Gasteiger partial charge on any atom is 0.0849 e. The highest BCUT2D eigenvalue weighted by molar-refractivity contribution is 6.02. The van der Waals surface area contributed by atoms with E-state index in [1.165, 1.54) is 11.1 Å². The van der Waals surface area contributed by atoms with Gasteiger partial charge in [-0.05, 0) is 74.2 Å². The summed E-state index contributed by atoms with van der Waals surface area (Å²) in [7, 11) is 0. The largest absolute Gasteiger partial charge is 0.252 e. The lowest BCUT2D eigenvalue weighted by molar-refractivity contribution is 1.14. The Morgan fingerprint density at radius 3 is 1.39 bits per heavy atom. The molecule has 0 radical (unpaired) electrons. The molecule has 142 valence electrons. The van der Waals surface area contributed by atoms with Crippen molar-refractivity contribution in [1.29, 1.82) is 0 Å². The molecule has 0 spiro atoms. The minimum absolute atomic E-state index is 0.868. The van der Waals surface area contributed by atoms with Crippen LogP contribution in [0.5, 0.6) is 0 Å². The molecular weight excluding hydrogens is 342 g/mol. The minimum Gasteiger partial charge on any atom is -0.252 e. The lowest BCUT2D eigenvalue weighted by Crippen LogP contribution is -2.05. The van der Waals surface area contributed by atoms with Crippen LogP contribution in [0.1, 0.15) is 50.2 Å². The fraction of sp³-hybridized carbons (Fsp3) is 0.240. The first-order chi connectivity index (χ1) is 13.6. The van der Waals surface area contributed by atoms with Gasteiger partial charge in [0.2, 0.25) is 0 Å². The number of hydrogen-bond donors (Lipinski definition) is 0. The lowest BCUT2D eigenvalue weighted by atomic mass is 10.1. The number of benzene rings is 2. The zero-order valence-electron chi connectivity index (χ0n) is 17.1. The van der Waals surface area contributed by atoms with Gasteiger partial charge in [0.25, 0.3) is 0 Å². The van der Waals surface area contributed by atoms with Crippen LogP contribution in [0.4, 0.5) is 11.4 Å². The molecule has 0 aliphatic rings. The molecule has 0 aliphatic carbocycles. The van der Waals surface area contributed by atoms with Crippen LogP contribution >= 0.6 is 0 Å². The highest BCUT2D eigenvalue weighted by Gasteiger charge is 2.05. The van der Waals surface area contributed by atoms with Gasteiger partial charge in [-0.25, -0.2) is 4.98 Å². The molecule has 2 aromatic carbocycles. The molecule has 3 rings (SSSR count). The van der Waals surface area contributed by atoms with Crippen molar-refractivity contribution in [2.45, 2.75) is 40.5 Å². The highest BCUT2D eigenvalue weighted by Crippen LogP contribution is 2.17. The minimum atomic E-state index is 0.868. The van der Waals surface area contributed by atoms with Gasteiger partial charge >= 0.3 is 0 Å². The van der Waals surface area contributed by atoms with Crippen molar-refractivity contribution in [3.05, 3.63) is 89.2 Å². The zero-order valence-corrected chi connectivity index (χ0v) is 17.1. The SMILES string of the molecule is CCc1ccc(N=C(C)c2cccc(C(C)=Nc3ccc(CC)cc3)n2)cc1. The Morgan fingerprint density at radius 2 is 1.04 bits per heavy atom. The number of hydrogen-bond acceptors (Lipinski definition) is 3. The predicted molar refractivity (Wildman–Crippen MR) is 120 cm³/mol. The van der Waals surface area contributed by atoms with E-state index in [1.54, 1.807) is 0 Å². The van der Waals surface area contributed by atoms with Gasteiger partial charge in [0.1, 0.15) is 0 Å². The van der Waals surface area contributed by atoms with Gasteiger partial charge in [0, 0.05) is 0 Å². The Morgan fingerprint density at radius 1 is 0.643 bits per heavy atom. The van der Waals surface area contributed by atoms with E-state index in [1.807, 2.05) is 32.0 Å². The van der Waals surface area contributed by atoms with E-state index in [0.717, 1.165) is 47.0 Å². The summed E-state index contributed by atoms with van der Waals surface area (Å²) >= 11 is 0. The molecule has 0 N–H and O–H groups in total. The summed E-state index contributed by atoms with van der Waals surface area (Å²) in [5.41, 5.74) is 8.05. The molecule has 28 heavy (non-hydrogen) atoms. The Balaban J connectivity index is 1.83. The summed E-state index contributed by atoms with van der Waals surface area (Å²) in [6.07, 6.45) is 2.07. The fourth-order valence-electron chi connectivity index (χ4n) is 2.95. The number of aromatic nitrogens is 1. The predicted octanol–water partition coefficient (Wildman–Crippen LogP) is 6.49. The topological polar surface area (TPSA) is 37.6 Å². The van der Waals surface area contributed by atoms with Crippen molar-refractivity contribution in [2.24, 2.45) is 9.98 Å². The quantitative estimate of drug-likeness (QED) is 0.458. The van der Waals surface area contributed by atoms with Crippen LogP contribution in [0, 0.1) is 0 Å². The monoisotopic (exact) mass is 369 g/mol. The molecule has 0 atom stereocenters. The van der Waals surface area contributed by atoms with Gasteiger partial charge < -0.3 is 0 Å². The lowest BCUT2D eigenvalue weighted by Gasteiger charge is -2.06. The second-order valence-electron chi connectivity index (χ2n) is 6.84. The van der Waals surface area contributed by atoms with E-state index in [9.17, 15) is 0 Å². The maximum atomic E-state index is 4.77. The third-order valence-electron chi connectivity index (χ3n) is 4.77. The molecule has 0 unspecified atom stereocenters. The van der Waals surface area contributed by atoms with Gasteiger partial charge in [0.05, 0.1) is 34.2 Å². The Bertz CT molecular complexity index is 902. The summed E-state index contributed by atoms with van der Waals surface area (Å²) in [5.74, 6) is 0. The molecule has 0 fully saturated rings. The third kappa shape index (κ3) is 5.01. The van der Waals surface area contributed by atoms with Gasteiger partial charge in [-0.1, -0.05) is 44.2 Å². The first-order valence-corrected chi connectivity index (χ1v) is 9.85. The molecule has 0 saturated heterocycles. The summed E-state index contributed by atoms with van der Waals surface area (Å²) in [6, 6.07) is 22.7. The average Bonchev–Trinajstić information content (AvgIpc) is 2.75. The molecule has 0 saturated carbocycles. The molecule has 3 aromatic rings. The van der Waals surface area contributed by atoms with Crippen LogP contribution in [0.3, 0.4) is 0 Å². The van der Waals surface area contributed by atoms with Gasteiger partial charge in [0.15, 0.2) is 0 Å². The molecule has 0 aliphatic heterocycles. The first-order valence-electron chi connectivity index (χ1n) is 9.85. The highest BCUT2D eigenvalue weighted by atomic mass is 14.8. The Kier molecular flexibility index (Phi) is 6.49. The second kappa shape index (κ2) is 9.23. The first kappa shape index (κ1) is 19.7. The normalized spacial score (nSPS) is 12.3. The zero-order chi connectivity index (χ0) is 19.9. The Labute approximate surface area is 167 Å². The fourth-order valence-corrected chi connectivity index (χ4v) is 2.95. The molecule has 0 bridgehead atoms. The van der Waals surface area contributed by atoms with E-state index in [-0.39, 0.29) is 0 Å². The van der Waals surface area contributed by atoms with Crippen molar-refractivity contribution in [1.82, 2.24) is 4.98 Å².